The summed E-state index contributed by atoms with van der Waals surface area (Å²) in [5.74, 6) is -0.312. The number of nitrogens with two attached hydrogens (primary N) is 1. The molecule has 0 radical (unpaired) electrons. The monoisotopic (exact) mass is 285 g/mol. The second-order valence-corrected chi connectivity index (χ2v) is 5.63. The fraction of sp³-hybridized carbons (Fsp3) is 0.462. The fourth-order valence-corrected chi connectivity index (χ4v) is 2.10. The zero-order chi connectivity index (χ0) is 14.6. The molecule has 6 heteroatoms. The van der Waals surface area contributed by atoms with E-state index in [0.717, 1.165) is 0 Å². The molecule has 1 atom stereocenters. The molecule has 5 nitrogen and oxygen atoms in total. The van der Waals surface area contributed by atoms with Crippen molar-refractivity contribution in [1.82, 2.24) is 10.2 Å². The van der Waals surface area contributed by atoms with Gasteiger partial charge in [0.25, 0.3) is 5.91 Å². The van der Waals surface area contributed by atoms with Crippen LogP contribution < -0.4 is 11.1 Å². The first kappa shape index (κ1) is 15.8. The summed E-state index contributed by atoms with van der Waals surface area (Å²) >= 11 is 5.84. The Labute approximate surface area is 118 Å². The van der Waals surface area contributed by atoms with Crippen LogP contribution in [0.3, 0.4) is 0 Å². The van der Waals surface area contributed by atoms with Crippen LogP contribution in [0.5, 0.6) is 0 Å². The number of aliphatic hydroxyl groups is 1. The highest BCUT2D eigenvalue weighted by atomic mass is 35.5. The number of carbonyl (C=O) groups excluding carboxylic acids is 1. The van der Waals surface area contributed by atoms with E-state index in [2.05, 4.69) is 5.32 Å². The topological polar surface area (TPSA) is 78.6 Å². The van der Waals surface area contributed by atoms with Crippen molar-refractivity contribution in [2.45, 2.75) is 12.5 Å². The summed E-state index contributed by atoms with van der Waals surface area (Å²) in [6.45, 7) is 2.26. The Hall–Kier alpha value is -1.30. The van der Waals surface area contributed by atoms with E-state index < -0.39 is 5.60 Å². The molecule has 0 saturated heterocycles. The van der Waals surface area contributed by atoms with Crippen LogP contribution in [0.1, 0.15) is 17.3 Å². The third-order valence-corrected chi connectivity index (χ3v) is 2.69. The predicted molar refractivity (Wildman–Crippen MR) is 77.4 cm³/mol. The van der Waals surface area contributed by atoms with Gasteiger partial charge in [-0.2, -0.15) is 0 Å². The zero-order valence-corrected chi connectivity index (χ0v) is 12.2. The van der Waals surface area contributed by atoms with Crippen LogP contribution in [0.15, 0.2) is 18.2 Å². The average Bonchev–Trinajstić information content (AvgIpc) is 2.22. The molecule has 0 spiro atoms. The molecule has 1 unspecified atom stereocenters. The van der Waals surface area contributed by atoms with Gasteiger partial charge in [-0.05, 0) is 39.2 Å². The van der Waals surface area contributed by atoms with Crippen LogP contribution in [0.4, 0.5) is 5.69 Å². The van der Waals surface area contributed by atoms with Gasteiger partial charge in [0.2, 0.25) is 0 Å². The number of amides is 1. The maximum atomic E-state index is 11.9. The van der Waals surface area contributed by atoms with Crippen LogP contribution in [-0.4, -0.2) is 48.7 Å². The third kappa shape index (κ3) is 5.46. The van der Waals surface area contributed by atoms with E-state index in [1.54, 1.807) is 19.1 Å². The Morgan fingerprint density at radius 3 is 2.63 bits per heavy atom. The Bertz CT molecular complexity index is 441. The van der Waals surface area contributed by atoms with Crippen LogP contribution in [0, 0.1) is 0 Å². The van der Waals surface area contributed by atoms with Crippen molar-refractivity contribution in [1.29, 1.82) is 0 Å². The molecule has 1 aromatic carbocycles. The first-order chi connectivity index (χ1) is 8.69. The number of nitrogens with one attached hydrogen (secondary N) is 1. The van der Waals surface area contributed by atoms with Crippen molar-refractivity contribution in [2.75, 3.05) is 32.9 Å². The van der Waals surface area contributed by atoms with Gasteiger partial charge in [-0.15, -0.1) is 0 Å². The van der Waals surface area contributed by atoms with Crippen LogP contribution in [0.25, 0.3) is 0 Å². The number of carbonyl (C=O) groups is 1. The first-order valence-corrected chi connectivity index (χ1v) is 6.29. The standard InChI is InChI=1S/C13H20ClN3O2/c1-13(19,8-17(2)3)7-16-12(18)9-4-10(14)6-11(15)5-9/h4-6,19H,7-8,15H2,1-3H3,(H,16,18). The highest BCUT2D eigenvalue weighted by Gasteiger charge is 2.22. The van der Waals surface area contributed by atoms with Crippen molar-refractivity contribution >= 4 is 23.2 Å². The number of nitrogen functional groups attached to an aromatic ring is 1. The summed E-state index contributed by atoms with van der Waals surface area (Å²) in [4.78, 5) is 13.8. The Morgan fingerprint density at radius 1 is 1.47 bits per heavy atom. The Balaban J connectivity index is 2.65. The maximum Gasteiger partial charge on any atom is 0.251 e. The molecule has 0 fully saturated rings. The van der Waals surface area contributed by atoms with Crippen molar-refractivity contribution < 1.29 is 9.90 Å². The van der Waals surface area contributed by atoms with Gasteiger partial charge < -0.3 is 21.1 Å². The van der Waals surface area contributed by atoms with Crippen molar-refractivity contribution in [2.24, 2.45) is 0 Å². The fourth-order valence-electron chi connectivity index (χ4n) is 1.85. The van der Waals surface area contributed by atoms with E-state index in [4.69, 9.17) is 17.3 Å². The second kappa shape index (κ2) is 6.23. The third-order valence-electron chi connectivity index (χ3n) is 2.47. The lowest BCUT2D eigenvalue weighted by molar-refractivity contribution is 0.0326. The van der Waals surface area contributed by atoms with Crippen molar-refractivity contribution in [3.05, 3.63) is 28.8 Å². The molecule has 0 heterocycles. The van der Waals surface area contributed by atoms with Gasteiger partial charge >= 0.3 is 0 Å². The highest BCUT2D eigenvalue weighted by Crippen LogP contribution is 2.16. The van der Waals surface area contributed by atoms with Crippen molar-refractivity contribution in [3.63, 3.8) is 0 Å². The summed E-state index contributed by atoms with van der Waals surface area (Å²) < 4.78 is 0. The first-order valence-electron chi connectivity index (χ1n) is 5.91. The molecule has 1 aromatic rings. The molecule has 106 valence electrons. The van der Waals surface area contributed by atoms with Gasteiger partial charge in [-0.1, -0.05) is 11.6 Å². The molecule has 4 N–H and O–H groups in total. The highest BCUT2D eigenvalue weighted by molar-refractivity contribution is 6.31. The number of nitrogens with zero attached hydrogens (tertiary/aromatic N) is 1. The largest absolute Gasteiger partial charge is 0.399 e. The Kier molecular flexibility index (Phi) is 5.17. The van der Waals surface area contributed by atoms with E-state index in [0.29, 0.717) is 22.8 Å². The lowest BCUT2D eigenvalue weighted by atomic mass is 10.1. The minimum Gasteiger partial charge on any atom is -0.399 e. The minimum absolute atomic E-state index is 0.149. The molecule has 19 heavy (non-hydrogen) atoms. The quantitative estimate of drug-likeness (QED) is 0.704. The van der Waals surface area contributed by atoms with E-state index >= 15 is 0 Å². The van der Waals surface area contributed by atoms with E-state index in [9.17, 15) is 9.90 Å². The lowest BCUT2D eigenvalue weighted by Crippen LogP contribution is -2.47. The number of halogens is 1. The van der Waals surface area contributed by atoms with Gasteiger partial charge in [-0.25, -0.2) is 0 Å². The SMILES string of the molecule is CN(C)CC(C)(O)CNC(=O)c1cc(N)cc(Cl)c1. The van der Waals surface area contributed by atoms with Crippen molar-refractivity contribution in [3.8, 4) is 0 Å². The number of likely N-dealkylation sites (N-methyl/N-ethyl adjacent to an activating group) is 1. The van der Waals surface area contributed by atoms with Gasteiger partial charge in [0.1, 0.15) is 0 Å². The van der Waals surface area contributed by atoms with E-state index in [-0.39, 0.29) is 12.5 Å². The molecule has 1 amide bonds. The minimum atomic E-state index is -0.997. The molecule has 0 aliphatic carbocycles. The molecule has 0 aliphatic heterocycles. The summed E-state index contributed by atoms with van der Waals surface area (Å²) in [5.41, 5.74) is 5.44. The zero-order valence-electron chi connectivity index (χ0n) is 11.4. The molecule has 0 saturated carbocycles. The number of hydrogen-bond acceptors (Lipinski definition) is 4. The predicted octanol–water partition coefficient (Wildman–Crippen LogP) is 0.965. The van der Waals surface area contributed by atoms with Crippen LogP contribution in [0.2, 0.25) is 5.02 Å². The maximum absolute atomic E-state index is 11.9. The lowest BCUT2D eigenvalue weighted by Gasteiger charge is -2.27. The summed E-state index contributed by atoms with van der Waals surface area (Å²) in [6.07, 6.45) is 0. The van der Waals surface area contributed by atoms with Crippen LogP contribution in [-0.2, 0) is 0 Å². The van der Waals surface area contributed by atoms with Gasteiger partial charge in [0.15, 0.2) is 0 Å². The van der Waals surface area contributed by atoms with E-state index in [1.165, 1.54) is 6.07 Å². The Morgan fingerprint density at radius 2 is 2.11 bits per heavy atom. The number of benzene rings is 1. The summed E-state index contributed by atoms with van der Waals surface area (Å²) in [5, 5.41) is 13.2. The molecule has 1 rings (SSSR count). The molecule has 0 aliphatic rings. The van der Waals surface area contributed by atoms with Crippen LogP contribution >= 0.6 is 11.6 Å². The smallest absolute Gasteiger partial charge is 0.251 e. The summed E-state index contributed by atoms with van der Waals surface area (Å²) in [7, 11) is 3.71. The van der Waals surface area contributed by atoms with E-state index in [1.807, 2.05) is 19.0 Å². The summed E-state index contributed by atoms with van der Waals surface area (Å²) in [6, 6.07) is 4.65. The van der Waals surface area contributed by atoms with Gasteiger partial charge in [0, 0.05) is 29.4 Å². The molecule has 0 bridgehead atoms. The van der Waals surface area contributed by atoms with Gasteiger partial charge in [0.05, 0.1) is 5.60 Å². The molecule has 0 aromatic heterocycles. The normalized spacial score (nSPS) is 14.2. The molecular formula is C13H20ClN3O2. The van der Waals surface area contributed by atoms with Gasteiger partial charge in [-0.3, -0.25) is 4.79 Å². The number of rotatable bonds is 5. The molecular weight excluding hydrogens is 266 g/mol. The second-order valence-electron chi connectivity index (χ2n) is 5.19. The number of hydrogen-bond donors (Lipinski definition) is 3. The average molecular weight is 286 g/mol. The number of anilines is 1.